The summed E-state index contributed by atoms with van der Waals surface area (Å²) < 4.78 is 0. The van der Waals surface area contributed by atoms with E-state index in [0.29, 0.717) is 0 Å². The Morgan fingerprint density at radius 2 is 1.55 bits per heavy atom. The lowest BCUT2D eigenvalue weighted by Crippen LogP contribution is -2.14. The van der Waals surface area contributed by atoms with E-state index in [2.05, 4.69) is 38.4 Å². The lowest BCUT2D eigenvalue weighted by atomic mass is 10.7. The fraction of sp³-hybridized carbons (Fsp3) is 0.778. The second kappa shape index (κ2) is 22.5. The maximum Gasteiger partial charge on any atom is 0.00661 e. The van der Waals surface area contributed by atoms with Crippen LogP contribution in [0.25, 0.3) is 0 Å². The van der Waals surface area contributed by atoms with E-state index < -0.39 is 0 Å². The molecular formula is C9H23NS. The molecule has 0 saturated heterocycles. The summed E-state index contributed by atoms with van der Waals surface area (Å²) in [5, 5.41) is 0. The maximum absolute atomic E-state index is 3.00. The normalized spacial score (nSPS) is 7.45. The second-order valence-electron chi connectivity index (χ2n) is 1.80. The number of rotatable bonds is 3. The monoisotopic (exact) mass is 177 g/mol. The van der Waals surface area contributed by atoms with Crippen LogP contribution in [0.1, 0.15) is 13.8 Å². The summed E-state index contributed by atoms with van der Waals surface area (Å²) in [7, 11) is 4.19. The molecule has 0 fully saturated rings. The zero-order valence-electron chi connectivity index (χ0n) is 8.68. The van der Waals surface area contributed by atoms with Gasteiger partial charge in [0.25, 0.3) is 0 Å². The molecule has 0 atom stereocenters. The van der Waals surface area contributed by atoms with Crippen LogP contribution in [0, 0.1) is 0 Å². The van der Waals surface area contributed by atoms with Gasteiger partial charge in [-0.2, -0.15) is 11.8 Å². The Labute approximate surface area is 76.9 Å². The van der Waals surface area contributed by atoms with Crippen LogP contribution >= 0.6 is 11.8 Å². The molecule has 0 radical (unpaired) electrons. The van der Waals surface area contributed by atoms with E-state index >= 15 is 0 Å². The first-order valence-corrected chi connectivity index (χ1v) is 5.30. The van der Waals surface area contributed by atoms with Crippen molar-refractivity contribution in [2.45, 2.75) is 13.8 Å². The smallest absolute Gasteiger partial charge is 0.00661 e. The molecule has 0 aliphatic carbocycles. The molecule has 0 N–H and O–H groups in total. The van der Waals surface area contributed by atoms with Gasteiger partial charge < -0.3 is 4.90 Å². The zero-order valence-corrected chi connectivity index (χ0v) is 9.50. The predicted octanol–water partition coefficient (Wildman–Crippen LogP) is 2.74. The van der Waals surface area contributed by atoms with Crippen LogP contribution in [0.4, 0.5) is 0 Å². The Morgan fingerprint density at radius 3 is 1.64 bits per heavy atom. The first-order chi connectivity index (χ1) is 5.27. The first kappa shape index (κ1) is 17.2. The van der Waals surface area contributed by atoms with Gasteiger partial charge in [0.2, 0.25) is 0 Å². The minimum atomic E-state index is 1.20. The van der Waals surface area contributed by atoms with Gasteiger partial charge in [0, 0.05) is 12.3 Å². The molecule has 0 aromatic heterocycles. The van der Waals surface area contributed by atoms with Crippen LogP contribution in [0.3, 0.4) is 0 Å². The van der Waals surface area contributed by atoms with Crippen molar-refractivity contribution in [1.29, 1.82) is 0 Å². The number of thioether (sulfide) groups is 1. The molecule has 0 aromatic rings. The molecule has 0 aliphatic rings. The van der Waals surface area contributed by atoms with E-state index in [4.69, 9.17) is 0 Å². The molecule has 0 spiro atoms. The van der Waals surface area contributed by atoms with Crippen molar-refractivity contribution in [1.82, 2.24) is 4.90 Å². The molecule has 2 heteroatoms. The summed E-state index contributed by atoms with van der Waals surface area (Å²) in [5.41, 5.74) is 0. The molecule has 1 nitrogen and oxygen atoms in total. The van der Waals surface area contributed by atoms with Crippen molar-refractivity contribution in [2.75, 3.05) is 32.6 Å². The fourth-order valence-electron chi connectivity index (χ4n) is 0.274. The second-order valence-corrected chi connectivity index (χ2v) is 2.78. The largest absolute Gasteiger partial charge is 0.309 e. The van der Waals surface area contributed by atoms with E-state index in [-0.39, 0.29) is 0 Å². The molecule has 0 heterocycles. The molecule has 0 amide bonds. The highest BCUT2D eigenvalue weighted by Gasteiger charge is 1.83. The minimum Gasteiger partial charge on any atom is -0.309 e. The third-order valence-electron chi connectivity index (χ3n) is 0.743. The number of hydrogen-bond donors (Lipinski definition) is 0. The molecule has 0 aromatic carbocycles. The lowest BCUT2D eigenvalue weighted by molar-refractivity contribution is 0.437. The Morgan fingerprint density at radius 1 is 1.18 bits per heavy atom. The van der Waals surface area contributed by atoms with Crippen LogP contribution < -0.4 is 0 Å². The summed E-state index contributed by atoms with van der Waals surface area (Å²) in [6.07, 6.45) is 2.13. The van der Waals surface area contributed by atoms with Crippen LogP contribution in [0.5, 0.6) is 0 Å². The van der Waals surface area contributed by atoms with Gasteiger partial charge in [-0.15, -0.1) is 13.2 Å². The molecule has 11 heavy (non-hydrogen) atoms. The van der Waals surface area contributed by atoms with E-state index in [9.17, 15) is 0 Å². The topological polar surface area (TPSA) is 3.24 Å². The Balaban J connectivity index is -0.000000138. The van der Waals surface area contributed by atoms with Crippen LogP contribution in [0.2, 0.25) is 0 Å². The van der Waals surface area contributed by atoms with Crippen molar-refractivity contribution < 1.29 is 0 Å². The zero-order chi connectivity index (χ0) is 9.70. The SMILES string of the molecule is C=C.CC.CSCCN(C)C. The van der Waals surface area contributed by atoms with Gasteiger partial charge in [0.15, 0.2) is 0 Å². The number of nitrogens with zero attached hydrogens (tertiary/aromatic N) is 1. The summed E-state index contributed by atoms with van der Waals surface area (Å²) >= 11 is 1.89. The average Bonchev–Trinajstić information content (AvgIpc) is 2.08. The third-order valence-corrected chi connectivity index (χ3v) is 1.33. The summed E-state index contributed by atoms with van der Waals surface area (Å²) in [4.78, 5) is 2.19. The van der Waals surface area contributed by atoms with E-state index in [1.807, 2.05) is 25.6 Å². The van der Waals surface area contributed by atoms with Crippen molar-refractivity contribution in [2.24, 2.45) is 0 Å². The summed E-state index contributed by atoms with van der Waals surface area (Å²) in [6.45, 7) is 11.2. The van der Waals surface area contributed by atoms with E-state index in [1.54, 1.807) is 0 Å². The van der Waals surface area contributed by atoms with Crippen molar-refractivity contribution in [3.8, 4) is 0 Å². The van der Waals surface area contributed by atoms with Gasteiger partial charge in [0.1, 0.15) is 0 Å². The summed E-state index contributed by atoms with van der Waals surface area (Å²) in [6, 6.07) is 0. The van der Waals surface area contributed by atoms with E-state index in [0.717, 1.165) is 0 Å². The standard InChI is InChI=1S/C5H13NS.C2H6.C2H4/c1-6(2)4-5-7-3;2*1-2/h4-5H2,1-3H3;1-2H3;1-2H2. The molecule has 0 bridgehead atoms. The average molecular weight is 177 g/mol. The molecule has 0 unspecified atom stereocenters. The highest BCUT2D eigenvalue weighted by atomic mass is 32.2. The third kappa shape index (κ3) is 39.7. The fourth-order valence-corrected chi connectivity index (χ4v) is 0.822. The highest BCUT2D eigenvalue weighted by Crippen LogP contribution is 1.89. The van der Waals surface area contributed by atoms with Gasteiger partial charge in [-0.05, 0) is 20.4 Å². The lowest BCUT2D eigenvalue weighted by Gasteiger charge is -2.05. The van der Waals surface area contributed by atoms with Gasteiger partial charge in [-0.3, -0.25) is 0 Å². The Hall–Kier alpha value is 0.0500. The maximum atomic E-state index is 3.00. The Bertz CT molecular complexity index is 46.8. The van der Waals surface area contributed by atoms with Crippen molar-refractivity contribution >= 4 is 11.8 Å². The highest BCUT2D eigenvalue weighted by molar-refractivity contribution is 7.98. The molecular weight excluding hydrogens is 154 g/mol. The number of hydrogen-bond acceptors (Lipinski definition) is 2. The first-order valence-electron chi connectivity index (χ1n) is 3.91. The van der Waals surface area contributed by atoms with Gasteiger partial charge in [-0.1, -0.05) is 13.8 Å². The van der Waals surface area contributed by atoms with Crippen molar-refractivity contribution in [3.63, 3.8) is 0 Å². The molecule has 0 aliphatic heterocycles. The van der Waals surface area contributed by atoms with Gasteiger partial charge in [-0.25, -0.2) is 0 Å². The molecule has 0 saturated carbocycles. The van der Waals surface area contributed by atoms with Crippen LogP contribution in [-0.2, 0) is 0 Å². The van der Waals surface area contributed by atoms with Crippen LogP contribution in [0.15, 0.2) is 13.2 Å². The minimum absolute atomic E-state index is 1.20. The summed E-state index contributed by atoms with van der Waals surface area (Å²) in [5.74, 6) is 1.24. The molecule has 70 valence electrons. The van der Waals surface area contributed by atoms with E-state index in [1.165, 1.54) is 12.3 Å². The Kier molecular flexibility index (Phi) is 35.2. The quantitative estimate of drug-likeness (QED) is 0.610. The van der Waals surface area contributed by atoms with Crippen molar-refractivity contribution in [3.05, 3.63) is 13.2 Å². The van der Waals surface area contributed by atoms with Gasteiger partial charge >= 0.3 is 0 Å². The van der Waals surface area contributed by atoms with Gasteiger partial charge in [0.05, 0.1) is 0 Å². The van der Waals surface area contributed by atoms with Crippen LogP contribution in [-0.4, -0.2) is 37.5 Å². The predicted molar refractivity (Wildman–Crippen MR) is 59.5 cm³/mol. The molecule has 0 rings (SSSR count).